The zero-order valence-electron chi connectivity index (χ0n) is 8.77. The van der Waals surface area contributed by atoms with Gasteiger partial charge in [-0.2, -0.15) is 0 Å². The largest absolute Gasteiger partial charge is 0.338 e. The van der Waals surface area contributed by atoms with E-state index in [4.69, 9.17) is 11.6 Å². The summed E-state index contributed by atoms with van der Waals surface area (Å²) in [5.41, 5.74) is 0. The molecule has 1 aromatic heterocycles. The predicted octanol–water partition coefficient (Wildman–Crippen LogP) is 2.46. The highest BCUT2D eigenvalue weighted by Crippen LogP contribution is 2.23. The standard InChI is InChI=1S/C11H16ClN3/c12-6-5-10-4-1-2-9-15(10)11-13-7-3-8-14-11/h3,7-8,10H,1-2,4-6,9H2. The molecule has 4 heteroatoms. The number of hydrogen-bond donors (Lipinski definition) is 0. The van der Waals surface area contributed by atoms with Crippen molar-refractivity contribution < 1.29 is 0 Å². The van der Waals surface area contributed by atoms with E-state index in [1.807, 2.05) is 6.07 Å². The van der Waals surface area contributed by atoms with Crippen LogP contribution in [-0.2, 0) is 0 Å². The number of nitrogens with zero attached hydrogens (tertiary/aromatic N) is 3. The van der Waals surface area contributed by atoms with Gasteiger partial charge in [-0.25, -0.2) is 9.97 Å². The highest BCUT2D eigenvalue weighted by Gasteiger charge is 2.23. The van der Waals surface area contributed by atoms with Crippen molar-refractivity contribution >= 4 is 17.5 Å². The van der Waals surface area contributed by atoms with Gasteiger partial charge in [0.05, 0.1) is 0 Å². The lowest BCUT2D eigenvalue weighted by Crippen LogP contribution is -2.40. The van der Waals surface area contributed by atoms with E-state index in [0.29, 0.717) is 11.9 Å². The lowest BCUT2D eigenvalue weighted by Gasteiger charge is -2.35. The fraction of sp³-hybridized carbons (Fsp3) is 0.636. The first kappa shape index (κ1) is 10.7. The number of aromatic nitrogens is 2. The highest BCUT2D eigenvalue weighted by molar-refractivity contribution is 6.17. The zero-order chi connectivity index (χ0) is 10.5. The smallest absolute Gasteiger partial charge is 0.225 e. The van der Waals surface area contributed by atoms with Crippen LogP contribution in [0.3, 0.4) is 0 Å². The highest BCUT2D eigenvalue weighted by atomic mass is 35.5. The van der Waals surface area contributed by atoms with Gasteiger partial charge < -0.3 is 4.90 Å². The second-order valence-electron chi connectivity index (χ2n) is 3.87. The molecule has 0 bridgehead atoms. The second kappa shape index (κ2) is 5.31. The molecule has 1 atom stereocenters. The number of halogens is 1. The normalized spacial score (nSPS) is 21.7. The van der Waals surface area contributed by atoms with Crippen LogP contribution in [-0.4, -0.2) is 28.4 Å². The van der Waals surface area contributed by atoms with Crippen LogP contribution >= 0.6 is 11.6 Å². The Morgan fingerprint density at radius 3 is 2.87 bits per heavy atom. The molecule has 0 aromatic carbocycles. The van der Waals surface area contributed by atoms with E-state index in [1.165, 1.54) is 19.3 Å². The fourth-order valence-electron chi connectivity index (χ4n) is 2.13. The molecule has 0 saturated carbocycles. The minimum Gasteiger partial charge on any atom is -0.338 e. The Morgan fingerprint density at radius 2 is 2.13 bits per heavy atom. The van der Waals surface area contributed by atoms with Crippen molar-refractivity contribution in [3.8, 4) is 0 Å². The van der Waals surface area contributed by atoms with Gasteiger partial charge in [-0.15, -0.1) is 11.6 Å². The molecule has 15 heavy (non-hydrogen) atoms. The number of hydrogen-bond acceptors (Lipinski definition) is 3. The quantitative estimate of drug-likeness (QED) is 0.740. The first-order valence-electron chi connectivity index (χ1n) is 5.51. The molecule has 2 rings (SSSR count). The second-order valence-corrected chi connectivity index (χ2v) is 4.25. The summed E-state index contributed by atoms with van der Waals surface area (Å²) in [4.78, 5) is 10.9. The van der Waals surface area contributed by atoms with E-state index in [9.17, 15) is 0 Å². The summed E-state index contributed by atoms with van der Waals surface area (Å²) in [6, 6.07) is 2.38. The van der Waals surface area contributed by atoms with Gasteiger partial charge in [0.15, 0.2) is 0 Å². The van der Waals surface area contributed by atoms with Gasteiger partial charge in [-0.05, 0) is 31.7 Å². The van der Waals surface area contributed by atoms with Crippen LogP contribution in [0.25, 0.3) is 0 Å². The Hall–Kier alpha value is -0.830. The van der Waals surface area contributed by atoms with Crippen LogP contribution in [0.15, 0.2) is 18.5 Å². The molecule has 3 nitrogen and oxygen atoms in total. The van der Waals surface area contributed by atoms with E-state index in [-0.39, 0.29) is 0 Å². The van der Waals surface area contributed by atoms with Crippen LogP contribution in [0.4, 0.5) is 5.95 Å². The fourth-order valence-corrected chi connectivity index (χ4v) is 2.38. The van der Waals surface area contributed by atoms with Gasteiger partial charge in [-0.3, -0.25) is 0 Å². The lowest BCUT2D eigenvalue weighted by molar-refractivity contribution is 0.444. The molecule has 1 fully saturated rings. The molecule has 82 valence electrons. The van der Waals surface area contributed by atoms with Crippen LogP contribution in [0, 0.1) is 0 Å². The van der Waals surface area contributed by atoms with Crippen molar-refractivity contribution in [3.05, 3.63) is 18.5 Å². The maximum absolute atomic E-state index is 5.82. The molecule has 1 aliphatic rings. The van der Waals surface area contributed by atoms with Crippen LogP contribution in [0.1, 0.15) is 25.7 Å². The van der Waals surface area contributed by atoms with Crippen molar-refractivity contribution in [2.24, 2.45) is 0 Å². The molecule has 0 spiro atoms. The van der Waals surface area contributed by atoms with E-state index in [1.54, 1.807) is 12.4 Å². The van der Waals surface area contributed by atoms with Crippen LogP contribution in [0.5, 0.6) is 0 Å². The predicted molar refractivity (Wildman–Crippen MR) is 62.4 cm³/mol. The Bertz CT molecular complexity index is 289. The Balaban J connectivity index is 2.11. The average Bonchev–Trinajstić information content (AvgIpc) is 2.31. The van der Waals surface area contributed by atoms with E-state index >= 15 is 0 Å². The number of rotatable bonds is 3. The van der Waals surface area contributed by atoms with E-state index in [0.717, 1.165) is 18.9 Å². The van der Waals surface area contributed by atoms with Gasteiger partial charge in [0.2, 0.25) is 5.95 Å². The number of piperidine rings is 1. The van der Waals surface area contributed by atoms with Crippen molar-refractivity contribution in [1.29, 1.82) is 0 Å². The summed E-state index contributed by atoms with van der Waals surface area (Å²) >= 11 is 5.82. The molecule has 1 unspecified atom stereocenters. The van der Waals surface area contributed by atoms with Gasteiger partial charge in [0.25, 0.3) is 0 Å². The van der Waals surface area contributed by atoms with E-state index in [2.05, 4.69) is 14.9 Å². The molecule has 1 saturated heterocycles. The van der Waals surface area contributed by atoms with Gasteiger partial charge in [0, 0.05) is 30.9 Å². The van der Waals surface area contributed by atoms with Gasteiger partial charge in [0.1, 0.15) is 0 Å². The molecule has 0 aliphatic carbocycles. The van der Waals surface area contributed by atoms with Crippen molar-refractivity contribution in [2.75, 3.05) is 17.3 Å². The minimum absolute atomic E-state index is 0.527. The average molecular weight is 226 g/mol. The Kier molecular flexibility index (Phi) is 3.78. The van der Waals surface area contributed by atoms with E-state index < -0.39 is 0 Å². The minimum atomic E-state index is 0.527. The lowest BCUT2D eigenvalue weighted by atomic mass is 10.0. The first-order valence-corrected chi connectivity index (χ1v) is 6.05. The van der Waals surface area contributed by atoms with Crippen LogP contribution in [0.2, 0.25) is 0 Å². The molecule has 0 radical (unpaired) electrons. The zero-order valence-corrected chi connectivity index (χ0v) is 9.53. The third-order valence-corrected chi connectivity index (χ3v) is 3.10. The Morgan fingerprint density at radius 1 is 1.33 bits per heavy atom. The van der Waals surface area contributed by atoms with Crippen molar-refractivity contribution in [2.45, 2.75) is 31.7 Å². The summed E-state index contributed by atoms with van der Waals surface area (Å²) in [7, 11) is 0. The summed E-state index contributed by atoms with van der Waals surface area (Å²) in [6.07, 6.45) is 8.37. The first-order chi connectivity index (χ1) is 7.42. The summed E-state index contributed by atoms with van der Waals surface area (Å²) in [5.74, 6) is 1.57. The van der Waals surface area contributed by atoms with Crippen molar-refractivity contribution in [1.82, 2.24) is 9.97 Å². The summed E-state index contributed by atoms with van der Waals surface area (Å²) in [6.45, 7) is 1.06. The van der Waals surface area contributed by atoms with Crippen LogP contribution < -0.4 is 4.90 Å². The third-order valence-electron chi connectivity index (χ3n) is 2.88. The monoisotopic (exact) mass is 225 g/mol. The summed E-state index contributed by atoms with van der Waals surface area (Å²) < 4.78 is 0. The summed E-state index contributed by atoms with van der Waals surface area (Å²) in [5, 5.41) is 0. The molecule has 1 aromatic rings. The maximum Gasteiger partial charge on any atom is 0.225 e. The third kappa shape index (κ3) is 2.59. The number of anilines is 1. The molecule has 0 N–H and O–H groups in total. The van der Waals surface area contributed by atoms with Gasteiger partial charge >= 0.3 is 0 Å². The SMILES string of the molecule is ClCCC1CCCCN1c1ncccn1. The Labute approximate surface area is 95.5 Å². The van der Waals surface area contributed by atoms with Gasteiger partial charge in [-0.1, -0.05) is 0 Å². The molecule has 0 amide bonds. The molecular formula is C11H16ClN3. The van der Waals surface area contributed by atoms with Crippen molar-refractivity contribution in [3.63, 3.8) is 0 Å². The molecule has 1 aliphatic heterocycles. The topological polar surface area (TPSA) is 29.0 Å². The molecular weight excluding hydrogens is 210 g/mol. The number of alkyl halides is 1. The molecule has 2 heterocycles. The maximum atomic E-state index is 5.82.